The molecule has 0 spiro atoms. The Hall–Kier alpha value is -2.10. The Morgan fingerprint density at radius 1 is 1.32 bits per heavy atom. The van der Waals surface area contributed by atoms with Crippen LogP contribution < -0.4 is 16.7 Å². The molecule has 2 aliphatic rings. The van der Waals surface area contributed by atoms with Gasteiger partial charge in [0.05, 0.1) is 6.61 Å². The quantitative estimate of drug-likeness (QED) is 0.190. The van der Waals surface area contributed by atoms with Gasteiger partial charge in [0, 0.05) is 20.0 Å². The molecule has 2 rings (SSSR count). The Morgan fingerprint density at radius 2 is 2.03 bits per heavy atom. The number of nitrogens with one attached hydrogen (secondary N) is 2. The molecule has 4 atom stereocenters. The molecule has 1 heterocycles. The fourth-order valence-electron chi connectivity index (χ4n) is 4.59. The summed E-state index contributed by atoms with van der Waals surface area (Å²) in [5.74, 6) is 5.50. The maximum Gasteiger partial charge on any atom is 0.411 e. The average molecular weight is 444 g/mol. The molecular formula is C21H38FN5O4. The number of hydrogen-bond donors (Lipinski definition) is 3. The smallest absolute Gasteiger partial charge is 0.411 e. The number of amidine groups is 1. The number of amides is 1. The summed E-state index contributed by atoms with van der Waals surface area (Å²) in [6.45, 7) is 7.68. The molecule has 0 aromatic heterocycles. The third-order valence-corrected chi connectivity index (χ3v) is 6.01. The minimum atomic E-state index is -1.36. The van der Waals surface area contributed by atoms with Crippen LogP contribution in [0.2, 0.25) is 0 Å². The zero-order valence-electron chi connectivity index (χ0n) is 19.4. The first kappa shape index (κ1) is 25.2. The highest BCUT2D eigenvalue weighted by atomic mass is 19.1. The van der Waals surface area contributed by atoms with Crippen LogP contribution >= 0.6 is 0 Å². The number of esters is 1. The Balaban J connectivity index is 2.11. The van der Waals surface area contributed by atoms with E-state index in [4.69, 9.17) is 15.3 Å². The third kappa shape index (κ3) is 6.95. The fraction of sp³-hybridized carbons (Fsp3) is 0.857. The van der Waals surface area contributed by atoms with Crippen molar-refractivity contribution in [3.63, 3.8) is 0 Å². The van der Waals surface area contributed by atoms with Crippen LogP contribution in [0.1, 0.15) is 66.2 Å². The van der Waals surface area contributed by atoms with Crippen molar-refractivity contribution in [1.29, 1.82) is 0 Å². The second kappa shape index (κ2) is 10.5. The summed E-state index contributed by atoms with van der Waals surface area (Å²) < 4.78 is 26.4. The van der Waals surface area contributed by atoms with Gasteiger partial charge in [-0.3, -0.25) is 4.90 Å². The number of hydrazine groups is 1. The molecule has 1 saturated heterocycles. The largest absolute Gasteiger partial charge is 0.464 e. The molecule has 0 aromatic carbocycles. The summed E-state index contributed by atoms with van der Waals surface area (Å²) in [5.41, 5.74) is 3.52. The molecule has 0 radical (unpaired) electrons. The first-order valence-electron chi connectivity index (χ1n) is 11.1. The highest BCUT2D eigenvalue weighted by Crippen LogP contribution is 2.46. The first-order chi connectivity index (χ1) is 14.5. The van der Waals surface area contributed by atoms with Crippen LogP contribution in [0.5, 0.6) is 0 Å². The minimum absolute atomic E-state index is 0.0117. The van der Waals surface area contributed by atoms with Crippen LogP contribution in [0, 0.1) is 11.8 Å². The summed E-state index contributed by atoms with van der Waals surface area (Å²) in [5, 5.41) is 3.65. The lowest BCUT2D eigenvalue weighted by atomic mass is 9.67. The Kier molecular flexibility index (Phi) is 8.50. The number of hydrazone groups is 1. The Labute approximate surface area is 184 Å². The van der Waals surface area contributed by atoms with Gasteiger partial charge in [0.25, 0.3) is 0 Å². The second-order valence-electron chi connectivity index (χ2n) is 9.50. The highest BCUT2D eigenvalue weighted by Gasteiger charge is 2.49. The lowest BCUT2D eigenvalue weighted by Crippen LogP contribution is -2.57. The Morgan fingerprint density at radius 3 is 2.61 bits per heavy atom. The number of likely N-dealkylation sites (tertiary alicyclic amines) is 1. The van der Waals surface area contributed by atoms with Gasteiger partial charge >= 0.3 is 12.1 Å². The summed E-state index contributed by atoms with van der Waals surface area (Å²) in [4.78, 5) is 26.9. The molecule has 0 bridgehead atoms. The van der Waals surface area contributed by atoms with Gasteiger partial charge in [-0.15, -0.1) is 0 Å². The SMILES string of the molecule is CCOC(=O)[C@@H]1CC2CC(F)(CC/C(=N/N)NNC)CCC2CN1C(=O)OC(C)(C)C. The van der Waals surface area contributed by atoms with Crippen molar-refractivity contribution in [3.05, 3.63) is 0 Å². The number of nitrogens with zero attached hydrogens (tertiary/aromatic N) is 2. The topological polar surface area (TPSA) is 118 Å². The number of rotatable bonds is 6. The highest BCUT2D eigenvalue weighted by molar-refractivity contribution is 5.82. The van der Waals surface area contributed by atoms with Crippen molar-refractivity contribution in [3.8, 4) is 0 Å². The van der Waals surface area contributed by atoms with E-state index in [1.807, 2.05) is 0 Å². The van der Waals surface area contributed by atoms with Gasteiger partial charge in [-0.25, -0.2) is 19.4 Å². The molecule has 10 heteroatoms. The lowest BCUT2D eigenvalue weighted by Gasteiger charge is -2.48. The van der Waals surface area contributed by atoms with Crippen molar-refractivity contribution >= 4 is 17.9 Å². The fourth-order valence-corrected chi connectivity index (χ4v) is 4.59. The Bertz CT molecular complexity index is 669. The van der Waals surface area contributed by atoms with Crippen molar-refractivity contribution in [2.45, 2.75) is 83.5 Å². The predicted octanol–water partition coefficient (Wildman–Crippen LogP) is 2.46. The summed E-state index contributed by atoms with van der Waals surface area (Å²) in [7, 11) is 1.69. The molecule has 2 fully saturated rings. The molecule has 1 aliphatic heterocycles. The zero-order valence-corrected chi connectivity index (χ0v) is 19.4. The summed E-state index contributed by atoms with van der Waals surface area (Å²) in [6.07, 6.45) is 1.91. The van der Waals surface area contributed by atoms with E-state index in [0.717, 1.165) is 0 Å². The number of carbonyl (C=O) groups excluding carboxylic acids is 2. The number of hydrogen-bond acceptors (Lipinski definition) is 7. The monoisotopic (exact) mass is 443 g/mol. The van der Waals surface area contributed by atoms with E-state index in [0.29, 0.717) is 50.9 Å². The average Bonchev–Trinajstić information content (AvgIpc) is 2.69. The van der Waals surface area contributed by atoms with E-state index in [1.165, 1.54) is 4.90 Å². The third-order valence-electron chi connectivity index (χ3n) is 6.01. The standard InChI is InChI=1S/C21H38FN5O4/c1-6-30-18(28)16-11-15-12-21(22,10-8-17(25-23)26-24-5)9-7-14(15)13-27(16)19(29)31-20(2,3)4/h14-16,24H,6-13,23H2,1-5H3,(H,25,26)/t14?,15?,16-,21?/m0/s1. The molecule has 31 heavy (non-hydrogen) atoms. The van der Waals surface area contributed by atoms with Crippen LogP contribution in [0.4, 0.5) is 9.18 Å². The van der Waals surface area contributed by atoms with Gasteiger partial charge in [-0.1, -0.05) is 0 Å². The molecule has 0 aromatic rings. The van der Waals surface area contributed by atoms with E-state index < -0.39 is 29.4 Å². The van der Waals surface area contributed by atoms with Crippen molar-refractivity contribution < 1.29 is 23.5 Å². The molecule has 3 unspecified atom stereocenters. The van der Waals surface area contributed by atoms with Gasteiger partial charge in [0.2, 0.25) is 0 Å². The van der Waals surface area contributed by atoms with E-state index in [1.54, 1.807) is 34.7 Å². The molecule has 1 amide bonds. The molecule has 9 nitrogen and oxygen atoms in total. The van der Waals surface area contributed by atoms with Crippen molar-refractivity contribution in [2.75, 3.05) is 20.2 Å². The molecule has 4 N–H and O–H groups in total. The van der Waals surface area contributed by atoms with Gasteiger partial charge in [0.1, 0.15) is 23.1 Å². The van der Waals surface area contributed by atoms with Gasteiger partial charge < -0.3 is 20.7 Å². The number of nitrogens with two attached hydrogens (primary N) is 1. The second-order valence-corrected chi connectivity index (χ2v) is 9.50. The molecule has 1 saturated carbocycles. The number of fused-ring (bicyclic) bond motifs is 1. The number of halogens is 1. The van der Waals surface area contributed by atoms with Crippen LogP contribution in [0.25, 0.3) is 0 Å². The lowest BCUT2D eigenvalue weighted by molar-refractivity contribution is -0.154. The van der Waals surface area contributed by atoms with Gasteiger partial charge in [0.15, 0.2) is 0 Å². The normalized spacial score (nSPS) is 29.2. The minimum Gasteiger partial charge on any atom is -0.464 e. The maximum absolute atomic E-state index is 15.7. The number of carbonyl (C=O) groups is 2. The predicted molar refractivity (Wildman–Crippen MR) is 116 cm³/mol. The maximum atomic E-state index is 15.7. The van der Waals surface area contributed by atoms with Crippen molar-refractivity contribution in [2.24, 2.45) is 22.8 Å². The summed E-state index contributed by atoms with van der Waals surface area (Å²) in [6, 6.07) is -0.759. The van der Waals surface area contributed by atoms with Crippen LogP contribution in [-0.2, 0) is 14.3 Å². The number of alkyl halides is 1. The van der Waals surface area contributed by atoms with Gasteiger partial charge in [-0.2, -0.15) is 5.10 Å². The van der Waals surface area contributed by atoms with E-state index >= 15 is 4.39 Å². The van der Waals surface area contributed by atoms with Crippen LogP contribution in [0.15, 0.2) is 5.10 Å². The van der Waals surface area contributed by atoms with E-state index in [-0.39, 0.29) is 18.4 Å². The number of ether oxygens (including phenoxy) is 2. The molecule has 178 valence electrons. The van der Waals surface area contributed by atoms with E-state index in [2.05, 4.69) is 16.0 Å². The van der Waals surface area contributed by atoms with E-state index in [9.17, 15) is 9.59 Å². The van der Waals surface area contributed by atoms with Gasteiger partial charge in [-0.05, 0) is 71.6 Å². The van der Waals surface area contributed by atoms with Crippen LogP contribution in [-0.4, -0.2) is 60.3 Å². The van der Waals surface area contributed by atoms with Crippen LogP contribution in [0.3, 0.4) is 0 Å². The molecular weight excluding hydrogens is 405 g/mol. The molecule has 1 aliphatic carbocycles. The van der Waals surface area contributed by atoms with Crippen molar-refractivity contribution in [1.82, 2.24) is 15.8 Å². The summed E-state index contributed by atoms with van der Waals surface area (Å²) >= 11 is 0. The number of piperidine rings is 1. The first-order valence-corrected chi connectivity index (χ1v) is 11.1. The zero-order chi connectivity index (χ0) is 23.2.